The molecule has 0 saturated heterocycles. The number of esters is 1. The van der Waals surface area contributed by atoms with Gasteiger partial charge in [-0.1, -0.05) is 6.58 Å². The number of hydrogen-bond acceptors (Lipinski definition) is 7. The Kier molecular flexibility index (Phi) is 4.01. The normalized spacial score (nSPS) is 36.9. The Labute approximate surface area is 139 Å². The SMILES string of the molecule is C=COC(O)(COC(=O)C12CC3CC(C1)C(=O)C(C3)C2)S(=O)(=O)O. The van der Waals surface area contributed by atoms with Crippen LogP contribution in [0, 0.1) is 23.2 Å². The number of ether oxygens (including phenoxy) is 2. The molecule has 0 spiro atoms. The summed E-state index contributed by atoms with van der Waals surface area (Å²) in [6.07, 6.45) is 3.59. The molecule has 4 rings (SSSR count). The van der Waals surface area contributed by atoms with Crippen molar-refractivity contribution >= 4 is 21.9 Å². The molecule has 4 saturated carbocycles. The summed E-state index contributed by atoms with van der Waals surface area (Å²) in [4.78, 5) is 24.7. The third-order valence-corrected chi connectivity index (χ3v) is 6.50. The molecule has 0 radical (unpaired) electrons. The lowest BCUT2D eigenvalue weighted by Gasteiger charge is -2.54. The van der Waals surface area contributed by atoms with Crippen molar-refractivity contribution < 1.29 is 37.1 Å². The molecule has 4 aliphatic carbocycles. The van der Waals surface area contributed by atoms with Crippen molar-refractivity contribution in [3.63, 3.8) is 0 Å². The zero-order valence-electron chi connectivity index (χ0n) is 13.0. The number of aliphatic hydroxyl groups is 1. The quantitative estimate of drug-likeness (QED) is 0.305. The van der Waals surface area contributed by atoms with Crippen molar-refractivity contribution in [3.8, 4) is 0 Å². The van der Waals surface area contributed by atoms with Gasteiger partial charge in [-0.05, 0) is 38.0 Å². The van der Waals surface area contributed by atoms with E-state index in [-0.39, 0.29) is 23.5 Å². The monoisotopic (exact) mass is 360 g/mol. The van der Waals surface area contributed by atoms with Gasteiger partial charge in [0.2, 0.25) is 0 Å². The number of carbonyl (C=O) groups is 2. The van der Waals surface area contributed by atoms with Gasteiger partial charge in [0.05, 0.1) is 11.7 Å². The van der Waals surface area contributed by atoms with Gasteiger partial charge < -0.3 is 14.6 Å². The molecule has 4 aliphatic rings. The van der Waals surface area contributed by atoms with Gasteiger partial charge in [0.15, 0.2) is 6.61 Å². The van der Waals surface area contributed by atoms with Crippen LogP contribution in [0.5, 0.6) is 0 Å². The first-order valence-electron chi connectivity index (χ1n) is 7.79. The standard InChI is InChI=1S/C15H20O8S/c1-2-23-15(18,24(19,20)21)8-22-13(17)14-5-9-3-10(6-14)12(16)11(4-9)7-14/h2,9-11,18H,1,3-8H2,(H,19,20,21). The van der Waals surface area contributed by atoms with Gasteiger partial charge in [-0.25, -0.2) is 0 Å². The third-order valence-electron chi connectivity index (χ3n) is 5.48. The van der Waals surface area contributed by atoms with Gasteiger partial charge in [-0.15, -0.1) is 0 Å². The van der Waals surface area contributed by atoms with Crippen molar-refractivity contribution in [2.75, 3.05) is 6.61 Å². The van der Waals surface area contributed by atoms with Crippen LogP contribution in [0.25, 0.3) is 0 Å². The van der Waals surface area contributed by atoms with Crippen molar-refractivity contribution in [3.05, 3.63) is 12.8 Å². The van der Waals surface area contributed by atoms with E-state index in [0.29, 0.717) is 25.5 Å². The molecule has 0 amide bonds. The topological polar surface area (TPSA) is 127 Å². The molecule has 0 aromatic rings. The zero-order chi connectivity index (χ0) is 17.8. The summed E-state index contributed by atoms with van der Waals surface area (Å²) in [5.41, 5.74) is -0.821. The molecule has 4 bridgehead atoms. The van der Waals surface area contributed by atoms with Gasteiger partial charge >= 0.3 is 21.2 Å². The van der Waals surface area contributed by atoms with Crippen molar-refractivity contribution in [1.82, 2.24) is 0 Å². The highest BCUT2D eigenvalue weighted by Gasteiger charge is 2.59. The van der Waals surface area contributed by atoms with E-state index in [4.69, 9.17) is 9.29 Å². The maximum Gasteiger partial charge on any atom is 0.372 e. The van der Waals surface area contributed by atoms with Crippen LogP contribution in [0.15, 0.2) is 12.8 Å². The van der Waals surface area contributed by atoms with Crippen LogP contribution in [0.1, 0.15) is 32.1 Å². The van der Waals surface area contributed by atoms with Gasteiger partial charge in [0, 0.05) is 11.8 Å². The largest absolute Gasteiger partial charge is 0.457 e. The number of carbonyl (C=O) groups excluding carboxylic acids is 2. The third kappa shape index (κ3) is 2.64. The predicted octanol–water partition coefficient (Wildman–Crippen LogP) is 0.619. The van der Waals surface area contributed by atoms with Crippen LogP contribution in [0.2, 0.25) is 0 Å². The Bertz CT molecular complexity index is 666. The molecular formula is C15H20O8S. The lowest BCUT2D eigenvalue weighted by atomic mass is 9.49. The second kappa shape index (κ2) is 5.53. The maximum atomic E-state index is 12.6. The molecule has 134 valence electrons. The highest BCUT2D eigenvalue weighted by atomic mass is 32.2. The summed E-state index contributed by atoms with van der Waals surface area (Å²) in [5.74, 6) is -0.456. The molecule has 0 aromatic heterocycles. The molecule has 3 unspecified atom stereocenters. The fourth-order valence-corrected chi connectivity index (χ4v) is 5.00. The van der Waals surface area contributed by atoms with Crippen LogP contribution < -0.4 is 0 Å². The van der Waals surface area contributed by atoms with E-state index in [2.05, 4.69) is 11.3 Å². The minimum absolute atomic E-state index is 0.145. The van der Waals surface area contributed by atoms with Gasteiger partial charge in [0.25, 0.3) is 0 Å². The summed E-state index contributed by atoms with van der Waals surface area (Å²) in [7, 11) is -5.06. The van der Waals surface area contributed by atoms with E-state index < -0.39 is 33.2 Å². The second-order valence-corrected chi connectivity index (χ2v) is 8.66. The molecule has 9 heteroatoms. The summed E-state index contributed by atoms with van der Waals surface area (Å²) >= 11 is 0. The Balaban J connectivity index is 1.74. The minimum Gasteiger partial charge on any atom is -0.457 e. The second-order valence-electron chi connectivity index (χ2n) is 7.07. The Hall–Kier alpha value is -1.45. The molecule has 0 aliphatic heterocycles. The molecule has 3 atom stereocenters. The van der Waals surface area contributed by atoms with E-state index in [1.165, 1.54) is 0 Å². The lowest BCUT2D eigenvalue weighted by molar-refractivity contribution is -0.190. The fourth-order valence-electron chi connectivity index (χ4n) is 4.61. The first kappa shape index (κ1) is 17.4. The van der Waals surface area contributed by atoms with E-state index in [1.807, 2.05) is 0 Å². The first-order valence-corrected chi connectivity index (χ1v) is 9.23. The Morgan fingerprint density at radius 2 is 1.92 bits per heavy atom. The Morgan fingerprint density at radius 3 is 2.42 bits per heavy atom. The van der Waals surface area contributed by atoms with Gasteiger partial charge in [-0.2, -0.15) is 8.42 Å². The summed E-state index contributed by atoms with van der Waals surface area (Å²) in [6.45, 7) is 2.04. The van der Waals surface area contributed by atoms with Crippen LogP contribution in [0.3, 0.4) is 0 Å². The summed E-state index contributed by atoms with van der Waals surface area (Å²) in [6, 6.07) is 0. The van der Waals surface area contributed by atoms with Gasteiger partial charge in [0.1, 0.15) is 5.78 Å². The van der Waals surface area contributed by atoms with Crippen LogP contribution in [0.4, 0.5) is 0 Å². The van der Waals surface area contributed by atoms with Crippen molar-refractivity contribution in [2.24, 2.45) is 23.2 Å². The van der Waals surface area contributed by atoms with Crippen LogP contribution in [-0.4, -0.2) is 41.6 Å². The number of Topliss-reactive ketones (excluding diaryl/α,β-unsaturated/α-hetero) is 1. The number of rotatable bonds is 6. The molecule has 2 N–H and O–H groups in total. The number of hydrogen-bond donors (Lipinski definition) is 2. The molecule has 0 heterocycles. The molecular weight excluding hydrogens is 340 g/mol. The lowest BCUT2D eigenvalue weighted by Crippen LogP contribution is -2.55. The molecule has 4 fully saturated rings. The minimum atomic E-state index is -5.06. The highest BCUT2D eigenvalue weighted by molar-refractivity contribution is 7.86. The Morgan fingerprint density at radius 1 is 1.33 bits per heavy atom. The fraction of sp³-hybridized carbons (Fsp3) is 0.733. The molecule has 8 nitrogen and oxygen atoms in total. The van der Waals surface area contributed by atoms with E-state index in [1.54, 1.807) is 0 Å². The maximum absolute atomic E-state index is 12.6. The molecule has 0 aromatic carbocycles. The van der Waals surface area contributed by atoms with Crippen molar-refractivity contribution in [1.29, 1.82) is 0 Å². The highest BCUT2D eigenvalue weighted by Crippen LogP contribution is 2.59. The van der Waals surface area contributed by atoms with E-state index in [0.717, 1.165) is 12.8 Å². The zero-order valence-corrected chi connectivity index (χ0v) is 13.8. The van der Waals surface area contributed by atoms with Crippen molar-refractivity contribution in [2.45, 2.75) is 37.2 Å². The number of ketones is 1. The van der Waals surface area contributed by atoms with E-state index in [9.17, 15) is 23.1 Å². The summed E-state index contributed by atoms with van der Waals surface area (Å²) < 4.78 is 41.0. The first-order chi connectivity index (χ1) is 11.1. The smallest absolute Gasteiger partial charge is 0.372 e. The van der Waals surface area contributed by atoms with Gasteiger partial charge in [-0.3, -0.25) is 14.1 Å². The van der Waals surface area contributed by atoms with Crippen LogP contribution >= 0.6 is 0 Å². The average molecular weight is 360 g/mol. The molecule has 24 heavy (non-hydrogen) atoms. The predicted molar refractivity (Wildman–Crippen MR) is 79.7 cm³/mol. The van der Waals surface area contributed by atoms with E-state index >= 15 is 0 Å². The van der Waals surface area contributed by atoms with Crippen LogP contribution in [-0.2, 0) is 29.2 Å². The average Bonchev–Trinajstić information content (AvgIpc) is 2.48. The summed E-state index contributed by atoms with van der Waals surface area (Å²) in [5, 5.41) is 6.76.